The van der Waals surface area contributed by atoms with Gasteiger partial charge in [-0.2, -0.15) is 0 Å². The first-order valence-electron chi connectivity index (χ1n) is 6.40. The maximum Gasteiger partial charge on any atom is 0.123 e. The molecule has 0 aliphatic rings. The number of halogens is 1. The Balaban J connectivity index is 2.52. The van der Waals surface area contributed by atoms with Crippen LogP contribution in [0.2, 0.25) is 0 Å². The highest BCUT2D eigenvalue weighted by Gasteiger charge is 2.04. The van der Waals surface area contributed by atoms with Crippen molar-refractivity contribution in [2.45, 2.75) is 19.9 Å². The lowest BCUT2D eigenvalue weighted by Crippen LogP contribution is -2.26. The van der Waals surface area contributed by atoms with Crippen molar-refractivity contribution < 1.29 is 4.74 Å². The van der Waals surface area contributed by atoms with Crippen molar-refractivity contribution in [3.8, 4) is 5.75 Å². The average molecular weight is 315 g/mol. The van der Waals surface area contributed by atoms with Crippen LogP contribution in [-0.4, -0.2) is 38.7 Å². The summed E-state index contributed by atoms with van der Waals surface area (Å²) in [7, 11) is 4.16. The zero-order chi connectivity index (χ0) is 13.4. The fourth-order valence-corrected chi connectivity index (χ4v) is 1.97. The zero-order valence-corrected chi connectivity index (χ0v) is 13.1. The maximum atomic E-state index is 5.75. The quantitative estimate of drug-likeness (QED) is 0.747. The van der Waals surface area contributed by atoms with Crippen molar-refractivity contribution in [3.63, 3.8) is 0 Å². The number of nitrogens with zero attached hydrogens (tertiary/aromatic N) is 1. The second-order valence-electron chi connectivity index (χ2n) is 4.58. The van der Waals surface area contributed by atoms with E-state index in [0.717, 1.165) is 42.9 Å². The van der Waals surface area contributed by atoms with Crippen LogP contribution in [-0.2, 0) is 6.54 Å². The van der Waals surface area contributed by atoms with Gasteiger partial charge in [0.2, 0.25) is 0 Å². The lowest BCUT2D eigenvalue weighted by atomic mass is 10.2. The lowest BCUT2D eigenvalue weighted by molar-refractivity contribution is 0.313. The molecule has 0 saturated carbocycles. The highest BCUT2D eigenvalue weighted by molar-refractivity contribution is 9.10. The summed E-state index contributed by atoms with van der Waals surface area (Å²) in [6.45, 7) is 5.75. The molecule has 1 N–H and O–H groups in total. The first-order valence-corrected chi connectivity index (χ1v) is 7.19. The summed E-state index contributed by atoms with van der Waals surface area (Å²) < 4.78 is 6.84. The topological polar surface area (TPSA) is 24.5 Å². The van der Waals surface area contributed by atoms with Gasteiger partial charge in [0.15, 0.2) is 0 Å². The molecule has 0 radical (unpaired) electrons. The van der Waals surface area contributed by atoms with Gasteiger partial charge in [-0.15, -0.1) is 0 Å². The molecule has 0 unspecified atom stereocenters. The molecule has 102 valence electrons. The van der Waals surface area contributed by atoms with Gasteiger partial charge in [0.05, 0.1) is 6.61 Å². The number of hydrogen-bond acceptors (Lipinski definition) is 3. The van der Waals surface area contributed by atoms with Gasteiger partial charge in [0.25, 0.3) is 0 Å². The fraction of sp³-hybridized carbons (Fsp3) is 0.571. The predicted octanol–water partition coefficient (Wildman–Crippen LogP) is 2.89. The first kappa shape index (κ1) is 15.5. The molecule has 0 atom stereocenters. The number of likely N-dealkylation sites (N-methyl/N-ethyl adjacent to an activating group) is 1. The van der Waals surface area contributed by atoms with Gasteiger partial charge in [0, 0.05) is 29.7 Å². The molecular weight excluding hydrogens is 292 g/mol. The maximum absolute atomic E-state index is 5.75. The SMILES string of the molecule is CCCOc1ccc(Br)cc1CNCCN(C)C. The van der Waals surface area contributed by atoms with Crippen LogP contribution >= 0.6 is 15.9 Å². The van der Waals surface area contributed by atoms with E-state index < -0.39 is 0 Å². The van der Waals surface area contributed by atoms with E-state index in [-0.39, 0.29) is 0 Å². The third kappa shape index (κ3) is 5.85. The van der Waals surface area contributed by atoms with Crippen molar-refractivity contribution in [2.75, 3.05) is 33.8 Å². The van der Waals surface area contributed by atoms with Crippen LogP contribution in [0.3, 0.4) is 0 Å². The minimum absolute atomic E-state index is 0.770. The third-order valence-corrected chi connectivity index (χ3v) is 3.03. The van der Waals surface area contributed by atoms with Gasteiger partial charge in [0.1, 0.15) is 5.75 Å². The van der Waals surface area contributed by atoms with Crippen LogP contribution in [0.5, 0.6) is 5.75 Å². The molecule has 0 amide bonds. The molecule has 1 aromatic rings. The number of rotatable bonds is 8. The van der Waals surface area contributed by atoms with E-state index in [1.807, 2.05) is 12.1 Å². The molecule has 0 fully saturated rings. The van der Waals surface area contributed by atoms with Crippen LogP contribution < -0.4 is 10.1 Å². The number of nitrogens with one attached hydrogen (secondary N) is 1. The molecule has 1 rings (SSSR count). The van der Waals surface area contributed by atoms with Crippen LogP contribution in [0.1, 0.15) is 18.9 Å². The molecule has 0 aliphatic carbocycles. The number of benzene rings is 1. The van der Waals surface area contributed by atoms with E-state index in [4.69, 9.17) is 4.74 Å². The third-order valence-electron chi connectivity index (χ3n) is 2.54. The van der Waals surface area contributed by atoms with Crippen LogP contribution in [0, 0.1) is 0 Å². The molecular formula is C14H23BrN2O. The van der Waals surface area contributed by atoms with Gasteiger partial charge >= 0.3 is 0 Å². The summed E-state index contributed by atoms with van der Waals surface area (Å²) in [5, 5.41) is 3.43. The Bertz CT molecular complexity index is 356. The Morgan fingerprint density at radius 1 is 1.33 bits per heavy atom. The molecule has 0 heterocycles. The molecule has 4 heteroatoms. The molecule has 0 aromatic heterocycles. The van der Waals surface area contributed by atoms with Gasteiger partial charge in [-0.25, -0.2) is 0 Å². The minimum atomic E-state index is 0.770. The second kappa shape index (κ2) is 8.51. The van der Waals surface area contributed by atoms with Crippen molar-refractivity contribution >= 4 is 15.9 Å². The Morgan fingerprint density at radius 3 is 2.78 bits per heavy atom. The average Bonchev–Trinajstić information content (AvgIpc) is 2.33. The van der Waals surface area contributed by atoms with Gasteiger partial charge in [-0.05, 0) is 38.7 Å². The van der Waals surface area contributed by atoms with Gasteiger partial charge in [-0.3, -0.25) is 0 Å². The van der Waals surface area contributed by atoms with Crippen LogP contribution in [0.4, 0.5) is 0 Å². The molecule has 0 aliphatic heterocycles. The number of ether oxygens (including phenoxy) is 1. The number of hydrogen-bond donors (Lipinski definition) is 1. The highest BCUT2D eigenvalue weighted by Crippen LogP contribution is 2.23. The van der Waals surface area contributed by atoms with Crippen molar-refractivity contribution in [2.24, 2.45) is 0 Å². The predicted molar refractivity (Wildman–Crippen MR) is 80.2 cm³/mol. The van der Waals surface area contributed by atoms with Crippen molar-refractivity contribution in [3.05, 3.63) is 28.2 Å². The monoisotopic (exact) mass is 314 g/mol. The van der Waals surface area contributed by atoms with E-state index >= 15 is 0 Å². The second-order valence-corrected chi connectivity index (χ2v) is 5.50. The summed E-state index contributed by atoms with van der Waals surface area (Å²) in [6.07, 6.45) is 1.03. The Morgan fingerprint density at radius 2 is 2.11 bits per heavy atom. The highest BCUT2D eigenvalue weighted by atomic mass is 79.9. The Labute approximate surface area is 119 Å². The van der Waals surface area contributed by atoms with E-state index in [1.54, 1.807) is 0 Å². The summed E-state index contributed by atoms with van der Waals surface area (Å²) in [4.78, 5) is 2.17. The minimum Gasteiger partial charge on any atom is -0.493 e. The summed E-state index contributed by atoms with van der Waals surface area (Å²) in [5.41, 5.74) is 1.21. The smallest absolute Gasteiger partial charge is 0.123 e. The van der Waals surface area contributed by atoms with Gasteiger partial charge in [-0.1, -0.05) is 22.9 Å². The van der Waals surface area contributed by atoms with E-state index in [0.29, 0.717) is 0 Å². The fourth-order valence-electron chi connectivity index (χ4n) is 1.56. The molecule has 18 heavy (non-hydrogen) atoms. The Hall–Kier alpha value is -0.580. The largest absolute Gasteiger partial charge is 0.493 e. The van der Waals surface area contributed by atoms with E-state index in [9.17, 15) is 0 Å². The van der Waals surface area contributed by atoms with E-state index in [2.05, 4.69) is 53.2 Å². The molecule has 0 saturated heterocycles. The van der Waals surface area contributed by atoms with Crippen LogP contribution in [0.25, 0.3) is 0 Å². The van der Waals surface area contributed by atoms with Crippen LogP contribution in [0.15, 0.2) is 22.7 Å². The molecule has 0 bridgehead atoms. The summed E-state index contributed by atoms with van der Waals surface area (Å²) in [6, 6.07) is 6.17. The normalized spacial score (nSPS) is 10.9. The zero-order valence-electron chi connectivity index (χ0n) is 11.5. The summed E-state index contributed by atoms with van der Waals surface area (Å²) in [5.74, 6) is 0.984. The molecule has 3 nitrogen and oxygen atoms in total. The first-order chi connectivity index (χ1) is 8.63. The standard InChI is InChI=1S/C14H23BrN2O/c1-4-9-18-14-6-5-13(15)10-12(14)11-16-7-8-17(2)3/h5-6,10,16H,4,7-9,11H2,1-3H3. The van der Waals surface area contributed by atoms with E-state index in [1.165, 1.54) is 5.56 Å². The van der Waals surface area contributed by atoms with Crippen molar-refractivity contribution in [1.29, 1.82) is 0 Å². The lowest BCUT2D eigenvalue weighted by Gasteiger charge is -2.14. The molecule has 1 aromatic carbocycles. The Kier molecular flexibility index (Phi) is 7.32. The summed E-state index contributed by atoms with van der Waals surface area (Å²) >= 11 is 3.51. The van der Waals surface area contributed by atoms with Gasteiger partial charge < -0.3 is 15.0 Å². The molecule has 0 spiro atoms. The van der Waals surface area contributed by atoms with Crippen molar-refractivity contribution in [1.82, 2.24) is 10.2 Å².